The van der Waals surface area contributed by atoms with Crippen LogP contribution in [0.2, 0.25) is 10.0 Å². The normalized spacial score (nSPS) is 29.8. The highest BCUT2D eigenvalue weighted by Gasteiger charge is 2.51. The second kappa shape index (κ2) is 7.63. The Labute approximate surface area is 183 Å². The highest BCUT2D eigenvalue weighted by molar-refractivity contribution is 6.42. The lowest BCUT2D eigenvalue weighted by Crippen LogP contribution is -2.48. The van der Waals surface area contributed by atoms with Crippen LogP contribution in [0.25, 0.3) is 0 Å². The molecule has 0 heterocycles. The zero-order chi connectivity index (χ0) is 20.0. The first-order chi connectivity index (χ1) is 14.0. The average Bonchev–Trinajstić information content (AvgIpc) is 2.68. The van der Waals surface area contributed by atoms with E-state index in [4.69, 9.17) is 23.2 Å². The van der Waals surface area contributed by atoms with Crippen molar-refractivity contribution in [3.8, 4) is 0 Å². The minimum atomic E-state index is 0.0265. The van der Waals surface area contributed by atoms with Crippen molar-refractivity contribution in [1.29, 1.82) is 0 Å². The number of amides is 1. The Morgan fingerprint density at radius 3 is 2.10 bits per heavy atom. The summed E-state index contributed by atoms with van der Waals surface area (Å²) in [5.74, 6) is 2.87. The third kappa shape index (κ3) is 3.94. The maximum atomic E-state index is 12.4. The minimum absolute atomic E-state index is 0.0265. The first-order valence-corrected chi connectivity index (χ1v) is 11.6. The predicted molar refractivity (Wildman–Crippen MR) is 120 cm³/mol. The molecule has 2 aromatic rings. The molecule has 6 rings (SSSR count). The molecule has 1 amide bonds. The fourth-order valence-electron chi connectivity index (χ4n) is 6.55. The van der Waals surface area contributed by atoms with Crippen LogP contribution in [-0.4, -0.2) is 5.91 Å². The van der Waals surface area contributed by atoms with Crippen LogP contribution < -0.4 is 5.32 Å². The number of hydrogen-bond donors (Lipinski definition) is 1. The Morgan fingerprint density at radius 1 is 0.897 bits per heavy atom. The summed E-state index contributed by atoms with van der Waals surface area (Å²) in [6, 6.07) is 14.2. The molecule has 0 saturated heterocycles. The molecule has 0 atom stereocenters. The van der Waals surface area contributed by atoms with E-state index in [0.29, 0.717) is 28.3 Å². The molecule has 4 fully saturated rings. The van der Waals surface area contributed by atoms with Gasteiger partial charge in [-0.3, -0.25) is 4.79 Å². The molecule has 4 saturated carbocycles. The van der Waals surface area contributed by atoms with E-state index < -0.39 is 0 Å². The molecule has 4 aliphatic rings. The molecule has 0 aliphatic heterocycles. The van der Waals surface area contributed by atoms with Crippen LogP contribution in [0.15, 0.2) is 42.5 Å². The van der Waals surface area contributed by atoms with Crippen molar-refractivity contribution in [2.75, 3.05) is 5.32 Å². The van der Waals surface area contributed by atoms with Crippen LogP contribution in [0.4, 0.5) is 5.69 Å². The quantitative estimate of drug-likeness (QED) is 0.544. The highest BCUT2D eigenvalue weighted by atomic mass is 35.5. The van der Waals surface area contributed by atoms with Crippen molar-refractivity contribution in [3.63, 3.8) is 0 Å². The fraction of sp³-hybridized carbons (Fsp3) is 0.480. The van der Waals surface area contributed by atoms with E-state index in [1.54, 1.807) is 6.07 Å². The minimum Gasteiger partial charge on any atom is -0.326 e. The van der Waals surface area contributed by atoms with Gasteiger partial charge in [-0.05, 0) is 104 Å². The Bertz CT molecular complexity index is 886. The first-order valence-electron chi connectivity index (χ1n) is 10.8. The van der Waals surface area contributed by atoms with E-state index in [1.165, 1.54) is 44.1 Å². The summed E-state index contributed by atoms with van der Waals surface area (Å²) in [7, 11) is 0. The summed E-state index contributed by atoms with van der Waals surface area (Å²) in [4.78, 5) is 12.4. The number of rotatable bonds is 5. The van der Waals surface area contributed by atoms with Gasteiger partial charge in [-0.25, -0.2) is 0 Å². The fourth-order valence-corrected chi connectivity index (χ4v) is 6.87. The maximum Gasteiger partial charge on any atom is 0.224 e. The van der Waals surface area contributed by atoms with Gasteiger partial charge in [-0.1, -0.05) is 41.4 Å². The topological polar surface area (TPSA) is 29.1 Å². The maximum absolute atomic E-state index is 12.4. The number of halogens is 2. The van der Waals surface area contributed by atoms with Crippen LogP contribution in [0.3, 0.4) is 0 Å². The number of carbonyl (C=O) groups excluding carboxylic acids is 1. The van der Waals surface area contributed by atoms with Gasteiger partial charge < -0.3 is 5.32 Å². The van der Waals surface area contributed by atoms with E-state index in [2.05, 4.69) is 29.6 Å². The van der Waals surface area contributed by atoms with Crippen molar-refractivity contribution in [2.45, 2.75) is 56.8 Å². The van der Waals surface area contributed by atoms with Gasteiger partial charge in [-0.2, -0.15) is 0 Å². The molecule has 2 nitrogen and oxygen atoms in total. The molecule has 152 valence electrons. The lowest BCUT2D eigenvalue weighted by atomic mass is 9.48. The second-order valence-electron chi connectivity index (χ2n) is 9.57. The van der Waals surface area contributed by atoms with Gasteiger partial charge in [0.25, 0.3) is 0 Å². The summed E-state index contributed by atoms with van der Waals surface area (Å²) >= 11 is 12.0. The Morgan fingerprint density at radius 2 is 1.52 bits per heavy atom. The van der Waals surface area contributed by atoms with Crippen LogP contribution in [0, 0.1) is 17.8 Å². The molecule has 0 aromatic heterocycles. The van der Waals surface area contributed by atoms with Gasteiger partial charge in [0.2, 0.25) is 5.91 Å². The SMILES string of the molecule is O=C(CCc1ccc(Cl)c(Cl)c1)Nc1ccc(C23CC4CC(CC(C4)C2)C3)cc1. The lowest BCUT2D eigenvalue weighted by molar-refractivity contribution is -0.116. The monoisotopic (exact) mass is 427 g/mol. The second-order valence-corrected chi connectivity index (χ2v) is 10.4. The number of hydrogen-bond acceptors (Lipinski definition) is 1. The van der Waals surface area contributed by atoms with Crippen molar-refractivity contribution in [3.05, 3.63) is 63.6 Å². The molecular formula is C25H27Cl2NO. The van der Waals surface area contributed by atoms with Gasteiger partial charge >= 0.3 is 0 Å². The molecule has 4 heteroatoms. The zero-order valence-electron chi connectivity index (χ0n) is 16.6. The van der Waals surface area contributed by atoms with Crippen LogP contribution in [0.1, 0.15) is 56.1 Å². The molecule has 2 aromatic carbocycles. The van der Waals surface area contributed by atoms with Gasteiger partial charge in [0, 0.05) is 12.1 Å². The molecule has 1 N–H and O–H groups in total. The number of benzene rings is 2. The van der Waals surface area contributed by atoms with Gasteiger partial charge in [-0.15, -0.1) is 0 Å². The standard InChI is InChI=1S/C25H27Cl2NO/c26-22-7-1-16(12-23(22)27)2-8-24(29)28-21-5-3-20(4-6-21)25-13-17-9-18(14-25)11-19(10-17)15-25/h1,3-7,12,17-19H,2,8-11,13-15H2,(H,28,29). The smallest absolute Gasteiger partial charge is 0.224 e. The largest absolute Gasteiger partial charge is 0.326 e. The molecule has 0 unspecified atom stereocenters. The summed E-state index contributed by atoms with van der Waals surface area (Å²) < 4.78 is 0. The molecule has 4 aliphatic carbocycles. The molecule has 0 spiro atoms. The van der Waals surface area contributed by atoms with Gasteiger partial charge in [0.15, 0.2) is 0 Å². The van der Waals surface area contributed by atoms with E-state index >= 15 is 0 Å². The van der Waals surface area contributed by atoms with E-state index in [9.17, 15) is 4.79 Å². The number of carbonyl (C=O) groups is 1. The van der Waals surface area contributed by atoms with E-state index in [1.807, 2.05) is 12.1 Å². The predicted octanol–water partition coefficient (Wildman–Crippen LogP) is 7.03. The summed E-state index contributed by atoms with van der Waals surface area (Å²) in [6.07, 6.45) is 9.57. The number of aryl methyl sites for hydroxylation is 1. The highest BCUT2D eigenvalue weighted by Crippen LogP contribution is 2.60. The molecule has 0 radical (unpaired) electrons. The third-order valence-electron chi connectivity index (χ3n) is 7.44. The Kier molecular flexibility index (Phi) is 5.12. The van der Waals surface area contributed by atoms with Crippen LogP contribution >= 0.6 is 23.2 Å². The molecule has 29 heavy (non-hydrogen) atoms. The summed E-state index contributed by atoms with van der Waals surface area (Å²) in [5, 5.41) is 4.11. The molecule has 4 bridgehead atoms. The van der Waals surface area contributed by atoms with Gasteiger partial charge in [0.05, 0.1) is 10.0 Å². The first kappa shape index (κ1) is 19.5. The van der Waals surface area contributed by atoms with Gasteiger partial charge in [0.1, 0.15) is 0 Å². The van der Waals surface area contributed by atoms with Crippen molar-refractivity contribution >= 4 is 34.8 Å². The number of anilines is 1. The van der Waals surface area contributed by atoms with Crippen molar-refractivity contribution in [1.82, 2.24) is 0 Å². The Balaban J connectivity index is 1.20. The Hall–Kier alpha value is -1.51. The summed E-state index contributed by atoms with van der Waals surface area (Å²) in [6.45, 7) is 0. The molecular weight excluding hydrogens is 401 g/mol. The van der Waals surface area contributed by atoms with Crippen LogP contribution in [0.5, 0.6) is 0 Å². The van der Waals surface area contributed by atoms with Crippen molar-refractivity contribution in [2.24, 2.45) is 17.8 Å². The lowest BCUT2D eigenvalue weighted by Gasteiger charge is -2.57. The number of nitrogens with one attached hydrogen (secondary N) is 1. The zero-order valence-corrected chi connectivity index (χ0v) is 18.1. The van der Waals surface area contributed by atoms with Crippen LogP contribution in [-0.2, 0) is 16.6 Å². The van der Waals surface area contributed by atoms with Crippen molar-refractivity contribution < 1.29 is 4.79 Å². The van der Waals surface area contributed by atoms with E-state index in [0.717, 1.165) is 29.0 Å². The summed E-state index contributed by atoms with van der Waals surface area (Å²) in [5.41, 5.74) is 3.81. The average molecular weight is 428 g/mol. The van der Waals surface area contributed by atoms with E-state index in [-0.39, 0.29) is 5.91 Å². The third-order valence-corrected chi connectivity index (χ3v) is 8.18.